The largest absolute Gasteiger partial charge is 0.493 e. The molecule has 0 fully saturated rings. The molecule has 10 heteroatoms. The lowest BCUT2D eigenvalue weighted by molar-refractivity contribution is -0.120. The number of hydrogen-bond donors (Lipinski definition) is 2. The van der Waals surface area contributed by atoms with Gasteiger partial charge in [-0.2, -0.15) is 9.78 Å². The van der Waals surface area contributed by atoms with Gasteiger partial charge in [0.1, 0.15) is 5.76 Å². The number of furan rings is 1. The minimum atomic E-state index is -0.599. The maximum Gasteiger partial charge on any atom is 0.279 e. The van der Waals surface area contributed by atoms with Crippen molar-refractivity contribution >= 4 is 22.6 Å². The highest BCUT2D eigenvalue weighted by molar-refractivity contribution is 6.05. The SMILES string of the molecule is COc1ccc(-n2nc(C(=O)NCC(=O)NCc3ccco3)c3ccccc3c2=O)cc1OC. The quantitative estimate of drug-likeness (QED) is 0.411. The van der Waals surface area contributed by atoms with Crippen molar-refractivity contribution in [3.63, 3.8) is 0 Å². The van der Waals surface area contributed by atoms with Crippen molar-refractivity contribution in [3.05, 3.63) is 82.7 Å². The monoisotopic (exact) mass is 462 g/mol. The second kappa shape index (κ2) is 9.90. The maximum absolute atomic E-state index is 13.1. The summed E-state index contributed by atoms with van der Waals surface area (Å²) in [5.74, 6) is 0.481. The summed E-state index contributed by atoms with van der Waals surface area (Å²) in [6, 6.07) is 15.0. The number of ether oxygens (including phenoxy) is 2. The van der Waals surface area contributed by atoms with E-state index in [9.17, 15) is 14.4 Å². The number of hydrogen-bond acceptors (Lipinski definition) is 7. The van der Waals surface area contributed by atoms with Crippen LogP contribution in [0, 0.1) is 0 Å². The van der Waals surface area contributed by atoms with Crippen molar-refractivity contribution in [2.24, 2.45) is 0 Å². The first-order valence-corrected chi connectivity index (χ1v) is 10.3. The van der Waals surface area contributed by atoms with E-state index in [-0.39, 0.29) is 18.8 Å². The van der Waals surface area contributed by atoms with Crippen molar-refractivity contribution in [2.75, 3.05) is 20.8 Å². The van der Waals surface area contributed by atoms with Crippen LogP contribution in [0.3, 0.4) is 0 Å². The molecule has 2 N–H and O–H groups in total. The molecule has 2 heterocycles. The normalized spacial score (nSPS) is 10.6. The number of nitrogens with one attached hydrogen (secondary N) is 2. The van der Waals surface area contributed by atoms with Crippen LogP contribution >= 0.6 is 0 Å². The zero-order chi connectivity index (χ0) is 24.1. The fourth-order valence-electron chi connectivity index (χ4n) is 3.39. The number of methoxy groups -OCH3 is 2. The molecule has 0 atom stereocenters. The summed E-state index contributed by atoms with van der Waals surface area (Å²) in [6.45, 7) is -0.0713. The smallest absolute Gasteiger partial charge is 0.279 e. The Morgan fingerprint density at radius 1 is 0.971 bits per heavy atom. The molecule has 0 aliphatic heterocycles. The molecule has 34 heavy (non-hydrogen) atoms. The predicted octanol–water partition coefficient (Wildman–Crippen LogP) is 2.04. The lowest BCUT2D eigenvalue weighted by atomic mass is 10.1. The van der Waals surface area contributed by atoms with Crippen LogP contribution < -0.4 is 25.7 Å². The van der Waals surface area contributed by atoms with Crippen LogP contribution in [0.5, 0.6) is 11.5 Å². The summed E-state index contributed by atoms with van der Waals surface area (Å²) >= 11 is 0. The summed E-state index contributed by atoms with van der Waals surface area (Å²) in [4.78, 5) is 38.3. The Kier molecular flexibility index (Phi) is 6.58. The lowest BCUT2D eigenvalue weighted by Gasteiger charge is -2.13. The van der Waals surface area contributed by atoms with Crippen molar-refractivity contribution in [1.29, 1.82) is 0 Å². The highest BCUT2D eigenvalue weighted by Gasteiger charge is 2.19. The molecule has 0 aliphatic carbocycles. The number of aromatic nitrogens is 2. The standard InChI is InChI=1S/C24H22N4O6/c1-32-19-10-9-15(12-20(19)33-2)28-24(31)18-8-4-3-7-17(18)22(27-28)23(30)26-14-21(29)25-13-16-6-5-11-34-16/h3-12H,13-14H2,1-2H3,(H,25,29)(H,26,30). The molecule has 0 spiro atoms. The van der Waals surface area contributed by atoms with Crippen LogP contribution in [0.4, 0.5) is 0 Å². The van der Waals surface area contributed by atoms with E-state index in [0.717, 1.165) is 4.68 Å². The Bertz CT molecular complexity index is 1390. The van der Waals surface area contributed by atoms with E-state index >= 15 is 0 Å². The van der Waals surface area contributed by atoms with E-state index in [2.05, 4.69) is 15.7 Å². The molecule has 174 valence electrons. The first-order valence-electron chi connectivity index (χ1n) is 10.3. The molecule has 2 amide bonds. The number of carbonyl (C=O) groups is 2. The van der Waals surface area contributed by atoms with Gasteiger partial charge in [0.2, 0.25) is 5.91 Å². The summed E-state index contributed by atoms with van der Waals surface area (Å²) in [7, 11) is 2.99. The molecule has 2 aromatic carbocycles. The highest BCUT2D eigenvalue weighted by atomic mass is 16.5. The Morgan fingerprint density at radius 2 is 1.74 bits per heavy atom. The number of fused-ring (bicyclic) bond motifs is 1. The molecule has 0 radical (unpaired) electrons. The number of benzene rings is 2. The molecule has 0 saturated carbocycles. The van der Waals surface area contributed by atoms with Gasteiger partial charge >= 0.3 is 0 Å². The summed E-state index contributed by atoms with van der Waals surface area (Å²) < 4.78 is 16.9. The van der Waals surface area contributed by atoms with Gasteiger partial charge in [-0.15, -0.1) is 0 Å². The first kappa shape index (κ1) is 22.6. The lowest BCUT2D eigenvalue weighted by Crippen LogP contribution is -2.37. The van der Waals surface area contributed by atoms with Crippen molar-refractivity contribution < 1.29 is 23.5 Å². The van der Waals surface area contributed by atoms with Gasteiger partial charge in [-0.25, -0.2) is 0 Å². The average Bonchev–Trinajstić information content (AvgIpc) is 3.40. The van der Waals surface area contributed by atoms with E-state index in [4.69, 9.17) is 13.9 Å². The Balaban J connectivity index is 1.63. The van der Waals surface area contributed by atoms with Gasteiger partial charge in [0.05, 0.1) is 44.6 Å². The summed E-state index contributed by atoms with van der Waals surface area (Å²) in [5, 5.41) is 10.2. The second-order valence-electron chi connectivity index (χ2n) is 7.19. The van der Waals surface area contributed by atoms with E-state index in [0.29, 0.717) is 33.7 Å². The van der Waals surface area contributed by atoms with Crippen LogP contribution in [-0.2, 0) is 11.3 Å². The molecule has 0 bridgehead atoms. The van der Waals surface area contributed by atoms with Crippen LogP contribution in [0.2, 0.25) is 0 Å². The summed E-state index contributed by atoms with van der Waals surface area (Å²) in [6.07, 6.45) is 1.51. The zero-order valence-corrected chi connectivity index (χ0v) is 18.5. The van der Waals surface area contributed by atoms with Crippen LogP contribution in [0.25, 0.3) is 16.5 Å². The van der Waals surface area contributed by atoms with Crippen molar-refractivity contribution in [2.45, 2.75) is 6.54 Å². The Morgan fingerprint density at radius 3 is 2.44 bits per heavy atom. The number of amides is 2. The van der Waals surface area contributed by atoms with Crippen LogP contribution in [0.1, 0.15) is 16.2 Å². The van der Waals surface area contributed by atoms with Gasteiger partial charge in [-0.05, 0) is 30.3 Å². The van der Waals surface area contributed by atoms with Crippen LogP contribution in [-0.4, -0.2) is 42.4 Å². The molecule has 0 unspecified atom stereocenters. The third kappa shape index (κ3) is 4.60. The summed E-state index contributed by atoms with van der Waals surface area (Å²) in [5.41, 5.74) is -0.0157. The Hall–Kier alpha value is -4.60. The molecule has 4 rings (SSSR count). The minimum absolute atomic E-state index is 0.00354. The van der Waals surface area contributed by atoms with E-state index < -0.39 is 17.4 Å². The van der Waals surface area contributed by atoms with E-state index in [1.807, 2.05) is 0 Å². The first-order chi connectivity index (χ1) is 16.5. The van der Waals surface area contributed by atoms with Gasteiger partial charge in [0.25, 0.3) is 11.5 Å². The van der Waals surface area contributed by atoms with Gasteiger partial charge in [-0.1, -0.05) is 18.2 Å². The fraction of sp³-hybridized carbons (Fsp3) is 0.167. The molecule has 10 nitrogen and oxygen atoms in total. The molecule has 4 aromatic rings. The average molecular weight is 462 g/mol. The minimum Gasteiger partial charge on any atom is -0.493 e. The molecule has 0 saturated heterocycles. The maximum atomic E-state index is 13.1. The van der Waals surface area contributed by atoms with Gasteiger partial charge in [0, 0.05) is 11.5 Å². The fourth-order valence-corrected chi connectivity index (χ4v) is 3.39. The second-order valence-corrected chi connectivity index (χ2v) is 7.19. The third-order valence-corrected chi connectivity index (χ3v) is 5.08. The zero-order valence-electron chi connectivity index (χ0n) is 18.5. The highest BCUT2D eigenvalue weighted by Crippen LogP contribution is 2.28. The number of carbonyl (C=O) groups excluding carboxylic acids is 2. The van der Waals surface area contributed by atoms with E-state index in [1.54, 1.807) is 54.6 Å². The third-order valence-electron chi connectivity index (χ3n) is 5.08. The van der Waals surface area contributed by atoms with E-state index in [1.165, 1.54) is 20.5 Å². The van der Waals surface area contributed by atoms with Crippen molar-refractivity contribution in [3.8, 4) is 17.2 Å². The Labute approximate surface area is 194 Å². The number of nitrogens with zero attached hydrogens (tertiary/aromatic N) is 2. The topological polar surface area (TPSA) is 125 Å². The van der Waals surface area contributed by atoms with Crippen LogP contribution in [0.15, 0.2) is 70.1 Å². The van der Waals surface area contributed by atoms with Crippen molar-refractivity contribution in [1.82, 2.24) is 20.4 Å². The molecule has 2 aromatic heterocycles. The van der Waals surface area contributed by atoms with Gasteiger partial charge in [0.15, 0.2) is 17.2 Å². The molecule has 0 aliphatic rings. The predicted molar refractivity (Wildman–Crippen MR) is 123 cm³/mol. The van der Waals surface area contributed by atoms with Gasteiger partial charge < -0.3 is 24.5 Å². The number of rotatable bonds is 8. The molecular formula is C24H22N4O6. The van der Waals surface area contributed by atoms with Gasteiger partial charge in [-0.3, -0.25) is 14.4 Å². The molecular weight excluding hydrogens is 440 g/mol.